The minimum atomic E-state index is 0.111. The molecule has 1 heterocycles. The molecule has 0 spiro atoms. The molecule has 0 bridgehead atoms. The predicted molar refractivity (Wildman–Crippen MR) is 61.8 cm³/mol. The molecule has 1 nitrogen and oxygen atoms in total. The molecule has 1 saturated heterocycles. The van der Waals surface area contributed by atoms with Gasteiger partial charge in [-0.25, -0.2) is 0 Å². The summed E-state index contributed by atoms with van der Waals surface area (Å²) in [6.07, 6.45) is 8.47. The van der Waals surface area contributed by atoms with Crippen LogP contribution in [0.25, 0.3) is 0 Å². The van der Waals surface area contributed by atoms with Crippen LogP contribution in [0.3, 0.4) is 0 Å². The van der Waals surface area contributed by atoms with Gasteiger partial charge in [0.15, 0.2) is 0 Å². The fourth-order valence-electron chi connectivity index (χ4n) is 1.83. The summed E-state index contributed by atoms with van der Waals surface area (Å²) in [6, 6.07) is 0. The minimum Gasteiger partial charge on any atom is -0.378 e. The van der Waals surface area contributed by atoms with E-state index in [0.29, 0.717) is 12.0 Å². The number of halogens is 1. The van der Waals surface area contributed by atoms with Gasteiger partial charge >= 0.3 is 0 Å². The van der Waals surface area contributed by atoms with E-state index in [2.05, 4.69) is 13.5 Å². The van der Waals surface area contributed by atoms with Gasteiger partial charge in [0.2, 0.25) is 0 Å². The minimum absolute atomic E-state index is 0.111. The second-order valence-corrected chi connectivity index (χ2v) is 4.79. The van der Waals surface area contributed by atoms with E-state index in [9.17, 15) is 0 Å². The second kappa shape index (κ2) is 5.77. The Kier molecular flexibility index (Phi) is 4.97. The third-order valence-electron chi connectivity index (χ3n) is 3.10. The van der Waals surface area contributed by atoms with Crippen LogP contribution in [-0.4, -0.2) is 18.6 Å². The molecule has 0 saturated carbocycles. The number of ether oxygens (including phenoxy) is 1. The number of rotatable bonds is 6. The first-order valence-corrected chi connectivity index (χ1v) is 6.05. The van der Waals surface area contributed by atoms with Crippen molar-refractivity contribution < 1.29 is 4.74 Å². The highest BCUT2D eigenvalue weighted by Crippen LogP contribution is 2.28. The molecule has 0 aromatic heterocycles. The number of alkyl halides is 1. The lowest BCUT2D eigenvalue weighted by molar-refractivity contribution is 0.100. The summed E-state index contributed by atoms with van der Waals surface area (Å²) in [6.45, 7) is 6.96. The van der Waals surface area contributed by atoms with E-state index in [0.717, 1.165) is 13.0 Å². The molecule has 1 rings (SSSR count). The lowest BCUT2D eigenvalue weighted by atomic mass is 9.86. The maximum Gasteiger partial charge on any atom is 0.0576 e. The van der Waals surface area contributed by atoms with Crippen molar-refractivity contribution in [1.29, 1.82) is 0 Å². The average molecular weight is 217 g/mol. The Bertz CT molecular complexity index is 175. The quantitative estimate of drug-likeness (QED) is 0.485. The Morgan fingerprint density at radius 3 is 2.93 bits per heavy atom. The SMILES string of the molecule is C=CC(C)(CCl)CCCC1CCCO1. The third-order valence-corrected chi connectivity index (χ3v) is 3.71. The first kappa shape index (κ1) is 12.1. The lowest BCUT2D eigenvalue weighted by Crippen LogP contribution is -2.16. The van der Waals surface area contributed by atoms with Crippen molar-refractivity contribution in [1.82, 2.24) is 0 Å². The number of allylic oxidation sites excluding steroid dienone is 1. The highest BCUT2D eigenvalue weighted by Gasteiger charge is 2.20. The molecule has 0 aliphatic carbocycles. The van der Waals surface area contributed by atoms with Gasteiger partial charge in [0, 0.05) is 12.5 Å². The number of hydrogen-bond donors (Lipinski definition) is 0. The smallest absolute Gasteiger partial charge is 0.0576 e. The van der Waals surface area contributed by atoms with E-state index >= 15 is 0 Å². The molecule has 1 fully saturated rings. The van der Waals surface area contributed by atoms with Crippen molar-refractivity contribution >= 4 is 11.6 Å². The molecular weight excluding hydrogens is 196 g/mol. The van der Waals surface area contributed by atoms with Crippen LogP contribution in [0.1, 0.15) is 39.0 Å². The molecule has 0 aromatic rings. The highest BCUT2D eigenvalue weighted by molar-refractivity contribution is 6.18. The molecule has 0 radical (unpaired) electrons. The molecule has 1 aliphatic rings. The Hall–Kier alpha value is -0.0100. The van der Waals surface area contributed by atoms with Crippen LogP contribution >= 0.6 is 11.6 Å². The maximum atomic E-state index is 5.90. The summed E-state index contributed by atoms with van der Waals surface area (Å²) >= 11 is 5.90. The Balaban J connectivity index is 2.15. The van der Waals surface area contributed by atoms with E-state index < -0.39 is 0 Å². The molecular formula is C12H21ClO. The fraction of sp³-hybridized carbons (Fsp3) is 0.833. The summed E-state index contributed by atoms with van der Waals surface area (Å²) in [4.78, 5) is 0. The Labute approximate surface area is 92.5 Å². The predicted octanol–water partition coefficient (Wildman–Crippen LogP) is 3.77. The van der Waals surface area contributed by atoms with Crippen LogP contribution in [-0.2, 0) is 4.74 Å². The second-order valence-electron chi connectivity index (χ2n) is 4.52. The topological polar surface area (TPSA) is 9.23 Å². The van der Waals surface area contributed by atoms with Gasteiger partial charge in [-0.3, -0.25) is 0 Å². The van der Waals surface area contributed by atoms with Crippen LogP contribution in [0.2, 0.25) is 0 Å². The van der Waals surface area contributed by atoms with Crippen LogP contribution in [0, 0.1) is 5.41 Å². The van der Waals surface area contributed by atoms with Gasteiger partial charge < -0.3 is 4.74 Å². The largest absolute Gasteiger partial charge is 0.378 e. The van der Waals surface area contributed by atoms with Gasteiger partial charge in [-0.15, -0.1) is 18.2 Å². The van der Waals surface area contributed by atoms with Crippen LogP contribution in [0.4, 0.5) is 0 Å². The van der Waals surface area contributed by atoms with E-state index in [1.807, 2.05) is 6.08 Å². The number of hydrogen-bond acceptors (Lipinski definition) is 1. The third kappa shape index (κ3) is 3.62. The molecule has 0 N–H and O–H groups in total. The zero-order valence-electron chi connectivity index (χ0n) is 9.10. The average Bonchev–Trinajstić information content (AvgIpc) is 2.70. The summed E-state index contributed by atoms with van der Waals surface area (Å²) in [5.41, 5.74) is 0.111. The van der Waals surface area contributed by atoms with Crippen molar-refractivity contribution in [2.75, 3.05) is 12.5 Å². The van der Waals surface area contributed by atoms with Crippen LogP contribution in [0.5, 0.6) is 0 Å². The van der Waals surface area contributed by atoms with E-state index in [4.69, 9.17) is 16.3 Å². The first-order chi connectivity index (χ1) is 6.70. The standard InChI is InChI=1S/C12H21ClO/c1-3-12(2,10-13)8-4-6-11-7-5-9-14-11/h3,11H,1,4-10H2,2H3. The molecule has 82 valence electrons. The van der Waals surface area contributed by atoms with Gasteiger partial charge in [-0.1, -0.05) is 13.0 Å². The van der Waals surface area contributed by atoms with Gasteiger partial charge in [-0.05, 0) is 37.5 Å². The zero-order valence-corrected chi connectivity index (χ0v) is 9.85. The van der Waals surface area contributed by atoms with Crippen molar-refractivity contribution in [3.8, 4) is 0 Å². The molecule has 2 unspecified atom stereocenters. The van der Waals surface area contributed by atoms with Crippen molar-refractivity contribution in [3.63, 3.8) is 0 Å². The first-order valence-electron chi connectivity index (χ1n) is 5.51. The van der Waals surface area contributed by atoms with Crippen LogP contribution < -0.4 is 0 Å². The molecule has 1 aliphatic heterocycles. The molecule has 0 amide bonds. The van der Waals surface area contributed by atoms with Gasteiger partial charge in [-0.2, -0.15) is 0 Å². The fourth-order valence-corrected chi connectivity index (χ4v) is 2.07. The van der Waals surface area contributed by atoms with Gasteiger partial charge in [0.05, 0.1) is 6.10 Å². The molecule has 2 atom stereocenters. The molecule has 0 aromatic carbocycles. The lowest BCUT2D eigenvalue weighted by Gasteiger charge is -2.23. The summed E-state index contributed by atoms with van der Waals surface area (Å²) in [5, 5.41) is 0. The highest BCUT2D eigenvalue weighted by atomic mass is 35.5. The van der Waals surface area contributed by atoms with E-state index in [-0.39, 0.29) is 5.41 Å². The van der Waals surface area contributed by atoms with Crippen molar-refractivity contribution in [2.24, 2.45) is 5.41 Å². The maximum absolute atomic E-state index is 5.90. The molecule has 14 heavy (non-hydrogen) atoms. The van der Waals surface area contributed by atoms with Crippen molar-refractivity contribution in [3.05, 3.63) is 12.7 Å². The normalized spacial score (nSPS) is 26.0. The van der Waals surface area contributed by atoms with Crippen LogP contribution in [0.15, 0.2) is 12.7 Å². The van der Waals surface area contributed by atoms with E-state index in [1.165, 1.54) is 25.7 Å². The summed E-state index contributed by atoms with van der Waals surface area (Å²) < 4.78 is 5.58. The zero-order chi connectivity index (χ0) is 10.4. The summed E-state index contributed by atoms with van der Waals surface area (Å²) in [7, 11) is 0. The van der Waals surface area contributed by atoms with Gasteiger partial charge in [0.25, 0.3) is 0 Å². The van der Waals surface area contributed by atoms with Crippen molar-refractivity contribution in [2.45, 2.75) is 45.1 Å². The summed E-state index contributed by atoms with van der Waals surface area (Å²) in [5.74, 6) is 0.669. The Morgan fingerprint density at radius 2 is 2.43 bits per heavy atom. The van der Waals surface area contributed by atoms with Gasteiger partial charge in [0.1, 0.15) is 0 Å². The van der Waals surface area contributed by atoms with E-state index in [1.54, 1.807) is 0 Å². The Morgan fingerprint density at radius 1 is 1.64 bits per heavy atom. The monoisotopic (exact) mass is 216 g/mol. The molecule has 2 heteroatoms.